The zero-order valence-corrected chi connectivity index (χ0v) is 11.2. The molecule has 0 aromatic rings. The van der Waals surface area contributed by atoms with Gasteiger partial charge in [0.15, 0.2) is 0 Å². The highest BCUT2D eigenvalue weighted by Crippen LogP contribution is 2.11. The largest absolute Gasteiger partial charge is 0.465 e. The summed E-state index contributed by atoms with van der Waals surface area (Å²) < 4.78 is 5.20. The van der Waals surface area contributed by atoms with Crippen LogP contribution in [0.2, 0.25) is 0 Å². The second-order valence-electron chi connectivity index (χ2n) is 5.16. The quantitative estimate of drug-likeness (QED) is 0.651. The van der Waals surface area contributed by atoms with Crippen LogP contribution in [0.1, 0.15) is 53.4 Å². The van der Waals surface area contributed by atoms with Crippen molar-refractivity contribution in [1.82, 2.24) is 0 Å². The van der Waals surface area contributed by atoms with Crippen LogP contribution in [-0.4, -0.2) is 18.6 Å². The summed E-state index contributed by atoms with van der Waals surface area (Å²) in [7, 11) is 0. The highest BCUT2D eigenvalue weighted by atomic mass is 16.5. The third-order valence-corrected chi connectivity index (χ3v) is 2.64. The Morgan fingerprint density at radius 3 is 2.25 bits per heavy atom. The maximum atomic E-state index is 11.5. The summed E-state index contributed by atoms with van der Waals surface area (Å²) >= 11 is 0. The summed E-state index contributed by atoms with van der Waals surface area (Å²) in [6.07, 6.45) is 3.79. The molecule has 3 heteroatoms. The minimum Gasteiger partial charge on any atom is -0.465 e. The lowest BCUT2D eigenvalue weighted by molar-refractivity contribution is -0.148. The molecule has 0 aromatic heterocycles. The number of carbonyl (C=O) groups excluding carboxylic acids is 1. The second-order valence-corrected chi connectivity index (χ2v) is 5.16. The fraction of sp³-hybridized carbons (Fsp3) is 0.923. The summed E-state index contributed by atoms with van der Waals surface area (Å²) in [5.74, 6) is 0.525. The van der Waals surface area contributed by atoms with Crippen molar-refractivity contribution in [2.24, 2.45) is 17.6 Å². The van der Waals surface area contributed by atoms with Gasteiger partial charge in [-0.3, -0.25) is 4.79 Å². The Kier molecular flexibility index (Phi) is 8.26. The van der Waals surface area contributed by atoms with E-state index in [1.807, 2.05) is 13.8 Å². The van der Waals surface area contributed by atoms with Crippen LogP contribution in [0.3, 0.4) is 0 Å². The molecule has 0 saturated carbocycles. The Morgan fingerprint density at radius 2 is 1.75 bits per heavy atom. The molecule has 0 rings (SSSR count). The highest BCUT2D eigenvalue weighted by molar-refractivity contribution is 5.71. The maximum absolute atomic E-state index is 11.5. The molecule has 16 heavy (non-hydrogen) atoms. The number of hydrogen-bond donors (Lipinski definition) is 1. The van der Waals surface area contributed by atoms with E-state index >= 15 is 0 Å². The van der Waals surface area contributed by atoms with Gasteiger partial charge in [-0.1, -0.05) is 27.2 Å². The molecule has 0 amide bonds. The molecule has 0 aromatic carbocycles. The first kappa shape index (κ1) is 15.4. The van der Waals surface area contributed by atoms with Crippen molar-refractivity contribution in [3.8, 4) is 0 Å². The first-order valence-electron chi connectivity index (χ1n) is 6.35. The first-order chi connectivity index (χ1) is 7.43. The summed E-state index contributed by atoms with van der Waals surface area (Å²) in [5, 5.41) is 0. The van der Waals surface area contributed by atoms with Gasteiger partial charge in [-0.05, 0) is 32.1 Å². The van der Waals surface area contributed by atoms with Crippen LogP contribution >= 0.6 is 0 Å². The standard InChI is InChI=1S/C13H27NO2/c1-10(2)8-9-16-13(15)11(3)6-5-7-12(4)14/h10-12H,5-9,14H2,1-4H3. The topological polar surface area (TPSA) is 52.3 Å². The van der Waals surface area contributed by atoms with E-state index in [0.717, 1.165) is 25.7 Å². The van der Waals surface area contributed by atoms with Crippen LogP contribution in [0.15, 0.2) is 0 Å². The lowest BCUT2D eigenvalue weighted by atomic mass is 10.0. The third kappa shape index (κ3) is 8.72. The monoisotopic (exact) mass is 229 g/mol. The Balaban J connectivity index is 3.57. The summed E-state index contributed by atoms with van der Waals surface area (Å²) in [5.41, 5.74) is 5.65. The van der Waals surface area contributed by atoms with E-state index < -0.39 is 0 Å². The van der Waals surface area contributed by atoms with Crippen LogP contribution < -0.4 is 5.73 Å². The smallest absolute Gasteiger partial charge is 0.308 e. The van der Waals surface area contributed by atoms with Crippen LogP contribution in [0.5, 0.6) is 0 Å². The van der Waals surface area contributed by atoms with E-state index in [2.05, 4.69) is 13.8 Å². The second kappa shape index (κ2) is 8.57. The van der Waals surface area contributed by atoms with E-state index in [1.165, 1.54) is 0 Å². The van der Waals surface area contributed by atoms with E-state index in [4.69, 9.17) is 10.5 Å². The molecule has 0 aliphatic carbocycles. The Morgan fingerprint density at radius 1 is 1.12 bits per heavy atom. The SMILES string of the molecule is CC(C)CCOC(=O)C(C)CCCC(C)N. The number of esters is 1. The molecule has 2 N–H and O–H groups in total. The van der Waals surface area contributed by atoms with Gasteiger partial charge in [0.25, 0.3) is 0 Å². The third-order valence-electron chi connectivity index (χ3n) is 2.64. The molecule has 0 bridgehead atoms. The maximum Gasteiger partial charge on any atom is 0.308 e. The van der Waals surface area contributed by atoms with Crippen molar-refractivity contribution >= 4 is 5.97 Å². The van der Waals surface area contributed by atoms with Crippen molar-refractivity contribution in [3.63, 3.8) is 0 Å². The molecule has 2 atom stereocenters. The fourth-order valence-corrected chi connectivity index (χ4v) is 1.40. The zero-order valence-electron chi connectivity index (χ0n) is 11.2. The molecule has 0 fully saturated rings. The van der Waals surface area contributed by atoms with Gasteiger partial charge >= 0.3 is 5.97 Å². The average Bonchev–Trinajstić information content (AvgIpc) is 2.16. The number of rotatable bonds is 8. The molecule has 96 valence electrons. The van der Waals surface area contributed by atoms with Crippen molar-refractivity contribution in [3.05, 3.63) is 0 Å². The first-order valence-corrected chi connectivity index (χ1v) is 6.35. The number of hydrogen-bond acceptors (Lipinski definition) is 3. The molecule has 0 aliphatic heterocycles. The van der Waals surface area contributed by atoms with Crippen molar-refractivity contribution in [1.29, 1.82) is 0 Å². The normalized spacial score (nSPS) is 14.9. The minimum absolute atomic E-state index is 0.00547. The summed E-state index contributed by atoms with van der Waals surface area (Å²) in [6.45, 7) is 8.72. The van der Waals surface area contributed by atoms with Crippen molar-refractivity contribution in [2.75, 3.05) is 6.61 Å². The van der Waals surface area contributed by atoms with Gasteiger partial charge in [-0.25, -0.2) is 0 Å². The van der Waals surface area contributed by atoms with E-state index in [0.29, 0.717) is 12.5 Å². The zero-order chi connectivity index (χ0) is 12.6. The van der Waals surface area contributed by atoms with Gasteiger partial charge in [0.05, 0.1) is 12.5 Å². The Labute approximate surface area is 99.7 Å². The van der Waals surface area contributed by atoms with Crippen LogP contribution in [0.25, 0.3) is 0 Å². The summed E-state index contributed by atoms with van der Waals surface area (Å²) in [6, 6.07) is 0.226. The van der Waals surface area contributed by atoms with Gasteiger partial charge in [0, 0.05) is 6.04 Å². The molecule has 0 saturated heterocycles. The highest BCUT2D eigenvalue weighted by Gasteiger charge is 2.14. The number of ether oxygens (including phenoxy) is 1. The molecular weight excluding hydrogens is 202 g/mol. The molecule has 0 spiro atoms. The Hall–Kier alpha value is -0.570. The fourth-order valence-electron chi connectivity index (χ4n) is 1.40. The summed E-state index contributed by atoms with van der Waals surface area (Å²) in [4.78, 5) is 11.5. The van der Waals surface area contributed by atoms with E-state index in [1.54, 1.807) is 0 Å². The molecule has 0 aliphatic rings. The van der Waals surface area contributed by atoms with Crippen LogP contribution in [-0.2, 0) is 9.53 Å². The van der Waals surface area contributed by atoms with Gasteiger partial charge in [-0.15, -0.1) is 0 Å². The Bertz CT molecular complexity index is 190. The van der Waals surface area contributed by atoms with Gasteiger partial charge in [0.1, 0.15) is 0 Å². The van der Waals surface area contributed by atoms with Gasteiger partial charge in [0.2, 0.25) is 0 Å². The van der Waals surface area contributed by atoms with Crippen LogP contribution in [0.4, 0.5) is 0 Å². The average molecular weight is 229 g/mol. The molecule has 0 heterocycles. The van der Waals surface area contributed by atoms with Crippen molar-refractivity contribution in [2.45, 2.75) is 59.4 Å². The molecule has 2 unspecified atom stereocenters. The lowest BCUT2D eigenvalue weighted by Gasteiger charge is -2.12. The number of nitrogens with two attached hydrogens (primary N) is 1. The molecular formula is C13H27NO2. The van der Waals surface area contributed by atoms with Crippen molar-refractivity contribution < 1.29 is 9.53 Å². The van der Waals surface area contributed by atoms with Gasteiger partial charge in [-0.2, -0.15) is 0 Å². The van der Waals surface area contributed by atoms with Crippen LogP contribution in [0, 0.1) is 11.8 Å². The predicted octanol–water partition coefficient (Wildman–Crippen LogP) is 2.73. The van der Waals surface area contributed by atoms with E-state index in [-0.39, 0.29) is 17.9 Å². The van der Waals surface area contributed by atoms with Gasteiger partial charge < -0.3 is 10.5 Å². The minimum atomic E-state index is -0.0645. The van der Waals surface area contributed by atoms with E-state index in [9.17, 15) is 4.79 Å². The molecule has 3 nitrogen and oxygen atoms in total. The number of carbonyl (C=O) groups is 1. The lowest BCUT2D eigenvalue weighted by Crippen LogP contribution is -2.18. The molecule has 0 radical (unpaired) electrons. The predicted molar refractivity (Wildman–Crippen MR) is 67.1 cm³/mol.